The van der Waals surface area contributed by atoms with Crippen molar-refractivity contribution in [2.24, 2.45) is 0 Å². The van der Waals surface area contributed by atoms with E-state index in [2.05, 4.69) is 22.5 Å². The van der Waals surface area contributed by atoms with Crippen molar-refractivity contribution in [2.75, 3.05) is 26.2 Å². The summed E-state index contributed by atoms with van der Waals surface area (Å²) in [4.78, 5) is 25.8. The highest BCUT2D eigenvalue weighted by Gasteiger charge is 2.31. The average molecular weight is 311 g/mol. The summed E-state index contributed by atoms with van der Waals surface area (Å²) in [5.74, 6) is -0.226. The van der Waals surface area contributed by atoms with Crippen LogP contribution in [-0.2, 0) is 9.53 Å². The minimum Gasteiger partial charge on any atom is -0.375 e. The van der Waals surface area contributed by atoms with E-state index in [4.69, 9.17) is 4.74 Å². The Hall–Kier alpha value is -1.14. The van der Waals surface area contributed by atoms with Crippen LogP contribution in [0.5, 0.6) is 0 Å². The lowest BCUT2D eigenvalue weighted by atomic mass is 9.93. The molecule has 126 valence electrons. The first-order chi connectivity index (χ1) is 10.5. The third kappa shape index (κ3) is 5.25. The van der Waals surface area contributed by atoms with Gasteiger partial charge in [-0.1, -0.05) is 12.8 Å². The molecule has 0 aromatic carbocycles. The average Bonchev–Trinajstić information content (AvgIpc) is 2.94. The van der Waals surface area contributed by atoms with Gasteiger partial charge in [-0.2, -0.15) is 0 Å². The summed E-state index contributed by atoms with van der Waals surface area (Å²) in [6.07, 6.45) is 6.19. The van der Waals surface area contributed by atoms with E-state index in [1.807, 2.05) is 6.92 Å². The molecule has 0 bridgehead atoms. The second-order valence-electron chi connectivity index (χ2n) is 6.66. The molecule has 1 aliphatic heterocycles. The van der Waals surface area contributed by atoms with Crippen LogP contribution in [0, 0.1) is 0 Å². The number of hydrogen-bond acceptors (Lipinski definition) is 4. The highest BCUT2D eigenvalue weighted by molar-refractivity contribution is 5.95. The van der Waals surface area contributed by atoms with Crippen molar-refractivity contribution in [1.29, 1.82) is 0 Å². The van der Waals surface area contributed by atoms with Gasteiger partial charge in [-0.15, -0.1) is 0 Å². The van der Waals surface area contributed by atoms with E-state index in [-0.39, 0.29) is 30.1 Å². The highest BCUT2D eigenvalue weighted by Crippen LogP contribution is 2.25. The quantitative estimate of drug-likeness (QED) is 0.810. The first-order valence-electron chi connectivity index (χ1n) is 8.47. The largest absolute Gasteiger partial charge is 0.375 e. The minimum atomic E-state index is -0.354. The summed E-state index contributed by atoms with van der Waals surface area (Å²) in [5, 5.41) is 5.31. The molecule has 2 rings (SSSR count). The van der Waals surface area contributed by atoms with Crippen molar-refractivity contribution in [3.8, 4) is 0 Å². The van der Waals surface area contributed by atoms with E-state index >= 15 is 0 Å². The zero-order valence-electron chi connectivity index (χ0n) is 13.8. The lowest BCUT2D eigenvalue weighted by Crippen LogP contribution is -2.50. The topological polar surface area (TPSA) is 70.7 Å². The van der Waals surface area contributed by atoms with Crippen LogP contribution in [0.3, 0.4) is 0 Å². The second kappa shape index (κ2) is 7.92. The molecule has 1 saturated carbocycles. The van der Waals surface area contributed by atoms with E-state index in [0.29, 0.717) is 0 Å². The molecular formula is C16H29N3O3. The maximum Gasteiger partial charge on any atom is 0.321 e. The third-order valence-corrected chi connectivity index (χ3v) is 4.72. The van der Waals surface area contributed by atoms with Crippen LogP contribution in [0.25, 0.3) is 0 Å². The van der Waals surface area contributed by atoms with Crippen LogP contribution in [-0.4, -0.2) is 54.7 Å². The number of nitrogens with one attached hydrogen (secondary N) is 2. The maximum atomic E-state index is 11.9. The number of urea groups is 1. The maximum absolute atomic E-state index is 11.9. The van der Waals surface area contributed by atoms with Crippen molar-refractivity contribution in [3.63, 3.8) is 0 Å². The van der Waals surface area contributed by atoms with Crippen LogP contribution in [0.4, 0.5) is 4.79 Å². The van der Waals surface area contributed by atoms with Gasteiger partial charge in [-0.3, -0.25) is 15.0 Å². The zero-order chi connectivity index (χ0) is 16.0. The molecule has 0 aromatic heterocycles. The van der Waals surface area contributed by atoms with Gasteiger partial charge in [0.1, 0.15) is 0 Å². The summed E-state index contributed by atoms with van der Waals surface area (Å²) >= 11 is 0. The van der Waals surface area contributed by atoms with Gasteiger partial charge in [0.15, 0.2) is 0 Å². The number of carbonyl (C=O) groups is 2. The molecule has 1 heterocycles. The van der Waals surface area contributed by atoms with Gasteiger partial charge in [0, 0.05) is 25.7 Å². The van der Waals surface area contributed by atoms with Crippen molar-refractivity contribution < 1.29 is 14.3 Å². The number of imide groups is 1. The molecule has 0 atom stereocenters. The number of likely N-dealkylation sites (tertiary alicyclic amines) is 1. The highest BCUT2D eigenvalue weighted by atomic mass is 16.5. The van der Waals surface area contributed by atoms with Gasteiger partial charge in [0.2, 0.25) is 5.91 Å². The van der Waals surface area contributed by atoms with Gasteiger partial charge < -0.3 is 10.1 Å². The van der Waals surface area contributed by atoms with Crippen molar-refractivity contribution in [3.05, 3.63) is 0 Å². The monoisotopic (exact) mass is 311 g/mol. The number of carbonyl (C=O) groups excluding carboxylic acids is 2. The molecule has 2 N–H and O–H groups in total. The van der Waals surface area contributed by atoms with Crippen LogP contribution in [0.1, 0.15) is 52.4 Å². The van der Waals surface area contributed by atoms with Crippen molar-refractivity contribution >= 4 is 11.9 Å². The molecule has 0 unspecified atom stereocenters. The van der Waals surface area contributed by atoms with Gasteiger partial charge in [-0.05, 0) is 39.5 Å². The Morgan fingerprint density at radius 3 is 2.45 bits per heavy atom. The molecule has 1 saturated heterocycles. The van der Waals surface area contributed by atoms with E-state index in [1.54, 1.807) is 0 Å². The smallest absolute Gasteiger partial charge is 0.321 e. The SMILES string of the molecule is CCOC1(C)CCN(CC(=O)NC(=O)NC2CCCC2)CC1. The Morgan fingerprint density at radius 2 is 1.86 bits per heavy atom. The Balaban J connectivity index is 1.66. The first kappa shape index (κ1) is 17.2. The molecule has 0 radical (unpaired) electrons. The fourth-order valence-electron chi connectivity index (χ4n) is 3.34. The Kier molecular flexibility index (Phi) is 6.20. The molecule has 6 heteroatoms. The van der Waals surface area contributed by atoms with Crippen LogP contribution >= 0.6 is 0 Å². The lowest BCUT2D eigenvalue weighted by molar-refractivity contribution is -0.123. The van der Waals surface area contributed by atoms with Crippen LogP contribution < -0.4 is 10.6 Å². The Bertz CT molecular complexity index is 386. The summed E-state index contributed by atoms with van der Waals surface area (Å²) in [6, 6.07) is -0.122. The van der Waals surface area contributed by atoms with Gasteiger partial charge >= 0.3 is 6.03 Å². The summed E-state index contributed by atoms with van der Waals surface area (Å²) < 4.78 is 5.77. The summed E-state index contributed by atoms with van der Waals surface area (Å²) in [7, 11) is 0. The van der Waals surface area contributed by atoms with E-state index in [9.17, 15) is 9.59 Å². The molecule has 2 aliphatic rings. The summed E-state index contributed by atoms with van der Waals surface area (Å²) in [6.45, 7) is 6.79. The van der Waals surface area contributed by atoms with Crippen LogP contribution in [0.2, 0.25) is 0 Å². The third-order valence-electron chi connectivity index (χ3n) is 4.72. The van der Waals surface area contributed by atoms with Crippen molar-refractivity contribution in [1.82, 2.24) is 15.5 Å². The van der Waals surface area contributed by atoms with Gasteiger partial charge in [0.25, 0.3) is 0 Å². The first-order valence-corrected chi connectivity index (χ1v) is 8.47. The number of rotatable bonds is 5. The molecule has 1 aliphatic carbocycles. The minimum absolute atomic E-state index is 0.0679. The predicted octanol–water partition coefficient (Wildman–Crippen LogP) is 1.65. The predicted molar refractivity (Wildman–Crippen MR) is 84.6 cm³/mol. The molecule has 2 fully saturated rings. The fourth-order valence-corrected chi connectivity index (χ4v) is 3.34. The molecule has 22 heavy (non-hydrogen) atoms. The number of piperidine rings is 1. The molecule has 3 amide bonds. The van der Waals surface area contributed by atoms with Crippen molar-refractivity contribution in [2.45, 2.75) is 64.0 Å². The normalized spacial score (nSPS) is 22.5. The number of hydrogen-bond donors (Lipinski definition) is 2. The van der Waals surface area contributed by atoms with E-state index < -0.39 is 0 Å². The Labute approximate surface area is 132 Å². The second-order valence-corrected chi connectivity index (χ2v) is 6.66. The van der Waals surface area contributed by atoms with E-state index in [0.717, 1.165) is 58.2 Å². The van der Waals surface area contributed by atoms with Gasteiger partial charge in [-0.25, -0.2) is 4.79 Å². The lowest BCUT2D eigenvalue weighted by Gasteiger charge is -2.38. The van der Waals surface area contributed by atoms with Gasteiger partial charge in [0.05, 0.1) is 12.1 Å². The standard InChI is InChI=1S/C16H29N3O3/c1-3-22-16(2)8-10-19(11-9-16)12-14(20)18-15(21)17-13-6-4-5-7-13/h13H,3-12H2,1-2H3,(H2,17,18,20,21). The molecule has 0 aromatic rings. The Morgan fingerprint density at radius 1 is 1.23 bits per heavy atom. The number of ether oxygens (including phenoxy) is 1. The van der Waals surface area contributed by atoms with E-state index in [1.165, 1.54) is 0 Å². The summed E-state index contributed by atoms with van der Waals surface area (Å²) in [5.41, 5.74) is -0.0679. The molecule has 6 nitrogen and oxygen atoms in total. The van der Waals surface area contributed by atoms with Crippen LogP contribution in [0.15, 0.2) is 0 Å². The number of nitrogens with zero attached hydrogens (tertiary/aromatic N) is 1. The zero-order valence-corrected chi connectivity index (χ0v) is 13.8. The molecule has 0 spiro atoms. The number of amides is 3. The molecular weight excluding hydrogens is 282 g/mol. The fraction of sp³-hybridized carbons (Fsp3) is 0.875.